The van der Waals surface area contributed by atoms with Crippen molar-refractivity contribution in [2.45, 2.75) is 31.7 Å². The van der Waals surface area contributed by atoms with E-state index in [0.717, 1.165) is 30.6 Å². The Hall–Kier alpha value is -1.59. The zero-order valence-electron chi connectivity index (χ0n) is 11.8. The summed E-state index contributed by atoms with van der Waals surface area (Å²) in [5, 5.41) is 2.83. The SMILES string of the molecule is Cl.NCC1CCCN1C(=O)c1ccc2c(c1)CCC(=O)N2. The summed E-state index contributed by atoms with van der Waals surface area (Å²) < 4.78 is 0. The van der Waals surface area contributed by atoms with Crippen molar-refractivity contribution in [3.8, 4) is 0 Å². The first-order valence-electron chi connectivity index (χ1n) is 7.13. The second-order valence-electron chi connectivity index (χ2n) is 5.45. The molecule has 3 rings (SSSR count). The molecule has 6 heteroatoms. The number of fused-ring (bicyclic) bond motifs is 1. The Morgan fingerprint density at radius 1 is 1.38 bits per heavy atom. The summed E-state index contributed by atoms with van der Waals surface area (Å²) in [5.74, 6) is 0.0944. The lowest BCUT2D eigenvalue weighted by Crippen LogP contribution is -2.40. The number of hydrogen-bond donors (Lipinski definition) is 2. The van der Waals surface area contributed by atoms with Gasteiger partial charge in [0.2, 0.25) is 5.91 Å². The van der Waals surface area contributed by atoms with Crippen molar-refractivity contribution in [3.63, 3.8) is 0 Å². The molecule has 2 aliphatic heterocycles. The first-order chi connectivity index (χ1) is 9.69. The summed E-state index contributed by atoms with van der Waals surface area (Å²) in [4.78, 5) is 25.8. The molecular formula is C15H20ClN3O2. The van der Waals surface area contributed by atoms with Crippen LogP contribution < -0.4 is 11.1 Å². The maximum atomic E-state index is 12.5. The van der Waals surface area contributed by atoms with E-state index in [1.807, 2.05) is 17.0 Å². The molecule has 1 fully saturated rings. The zero-order chi connectivity index (χ0) is 14.1. The molecule has 21 heavy (non-hydrogen) atoms. The third-order valence-corrected chi connectivity index (χ3v) is 4.16. The minimum Gasteiger partial charge on any atom is -0.334 e. The van der Waals surface area contributed by atoms with Crippen LogP contribution in [-0.2, 0) is 11.2 Å². The highest BCUT2D eigenvalue weighted by Crippen LogP contribution is 2.26. The smallest absolute Gasteiger partial charge is 0.254 e. The topological polar surface area (TPSA) is 75.4 Å². The van der Waals surface area contributed by atoms with E-state index in [4.69, 9.17) is 5.73 Å². The number of anilines is 1. The third-order valence-electron chi connectivity index (χ3n) is 4.16. The van der Waals surface area contributed by atoms with E-state index in [9.17, 15) is 9.59 Å². The lowest BCUT2D eigenvalue weighted by Gasteiger charge is -2.24. The number of aryl methyl sites for hydroxylation is 1. The van der Waals surface area contributed by atoms with Crippen molar-refractivity contribution in [3.05, 3.63) is 29.3 Å². The van der Waals surface area contributed by atoms with Crippen molar-refractivity contribution >= 4 is 29.9 Å². The van der Waals surface area contributed by atoms with Gasteiger partial charge in [0.1, 0.15) is 0 Å². The Balaban J connectivity index is 0.00000161. The van der Waals surface area contributed by atoms with Gasteiger partial charge in [0.15, 0.2) is 0 Å². The Kier molecular flexibility index (Phi) is 4.85. The zero-order valence-corrected chi connectivity index (χ0v) is 12.6. The molecule has 2 aliphatic rings. The van der Waals surface area contributed by atoms with Crippen LogP contribution in [0, 0.1) is 0 Å². The number of hydrogen-bond acceptors (Lipinski definition) is 3. The quantitative estimate of drug-likeness (QED) is 0.870. The molecule has 2 amide bonds. The predicted molar refractivity (Wildman–Crippen MR) is 83.8 cm³/mol. The average Bonchev–Trinajstić information content (AvgIpc) is 2.94. The van der Waals surface area contributed by atoms with Gasteiger partial charge in [-0.3, -0.25) is 9.59 Å². The summed E-state index contributed by atoms with van der Waals surface area (Å²) in [6.45, 7) is 1.31. The molecule has 5 nitrogen and oxygen atoms in total. The van der Waals surface area contributed by atoms with Gasteiger partial charge >= 0.3 is 0 Å². The van der Waals surface area contributed by atoms with Crippen LogP contribution in [-0.4, -0.2) is 35.8 Å². The summed E-state index contributed by atoms with van der Waals surface area (Å²) in [5.41, 5.74) is 8.29. The van der Waals surface area contributed by atoms with E-state index < -0.39 is 0 Å². The van der Waals surface area contributed by atoms with Gasteiger partial charge in [-0.05, 0) is 43.0 Å². The number of amides is 2. The minimum absolute atomic E-state index is 0. The van der Waals surface area contributed by atoms with E-state index in [2.05, 4.69) is 5.32 Å². The standard InChI is InChI=1S/C15H19N3O2.ClH/c16-9-12-2-1-7-18(12)15(20)11-3-5-13-10(8-11)4-6-14(19)17-13;/h3,5,8,12H,1-2,4,6-7,9,16H2,(H,17,19);1H. The maximum absolute atomic E-state index is 12.5. The van der Waals surface area contributed by atoms with Gasteiger partial charge in [-0.15, -0.1) is 12.4 Å². The van der Waals surface area contributed by atoms with Crippen LogP contribution in [0.15, 0.2) is 18.2 Å². The van der Waals surface area contributed by atoms with Crippen LogP contribution >= 0.6 is 12.4 Å². The van der Waals surface area contributed by atoms with Crippen LogP contribution in [0.25, 0.3) is 0 Å². The number of rotatable bonds is 2. The number of likely N-dealkylation sites (tertiary alicyclic amines) is 1. The molecule has 1 unspecified atom stereocenters. The van der Waals surface area contributed by atoms with Crippen molar-refractivity contribution < 1.29 is 9.59 Å². The Bertz CT molecular complexity index is 562. The van der Waals surface area contributed by atoms with Gasteiger partial charge in [-0.1, -0.05) is 0 Å². The number of nitrogens with zero attached hydrogens (tertiary/aromatic N) is 1. The molecule has 0 saturated carbocycles. The Morgan fingerprint density at radius 2 is 2.19 bits per heavy atom. The predicted octanol–water partition coefficient (Wildman–Crippen LogP) is 1.56. The summed E-state index contributed by atoms with van der Waals surface area (Å²) in [6.07, 6.45) is 3.19. The normalized spacial score (nSPS) is 20.5. The first-order valence-corrected chi connectivity index (χ1v) is 7.13. The fourth-order valence-electron chi connectivity index (χ4n) is 3.03. The van der Waals surface area contributed by atoms with E-state index in [-0.39, 0.29) is 30.3 Å². The second-order valence-corrected chi connectivity index (χ2v) is 5.45. The number of benzene rings is 1. The van der Waals surface area contributed by atoms with E-state index in [1.165, 1.54) is 0 Å². The fraction of sp³-hybridized carbons (Fsp3) is 0.467. The molecular weight excluding hydrogens is 290 g/mol. The molecule has 0 aliphatic carbocycles. The highest BCUT2D eigenvalue weighted by Gasteiger charge is 2.28. The fourth-order valence-corrected chi connectivity index (χ4v) is 3.03. The number of halogens is 1. The van der Waals surface area contributed by atoms with E-state index in [0.29, 0.717) is 24.9 Å². The summed E-state index contributed by atoms with van der Waals surface area (Å²) >= 11 is 0. The molecule has 0 bridgehead atoms. The van der Waals surface area contributed by atoms with Gasteiger partial charge < -0.3 is 16.0 Å². The van der Waals surface area contributed by atoms with Gasteiger partial charge in [0, 0.05) is 36.8 Å². The molecule has 0 aromatic heterocycles. The first kappa shape index (κ1) is 15.8. The highest BCUT2D eigenvalue weighted by atomic mass is 35.5. The average molecular weight is 310 g/mol. The Morgan fingerprint density at radius 3 is 2.95 bits per heavy atom. The second kappa shape index (κ2) is 6.45. The third kappa shape index (κ3) is 3.04. The van der Waals surface area contributed by atoms with Crippen LogP contribution in [0.3, 0.4) is 0 Å². The number of nitrogens with two attached hydrogens (primary N) is 1. The van der Waals surface area contributed by atoms with E-state index >= 15 is 0 Å². The van der Waals surface area contributed by atoms with Crippen LogP contribution in [0.5, 0.6) is 0 Å². The Labute approximate surface area is 130 Å². The van der Waals surface area contributed by atoms with Crippen molar-refractivity contribution in [1.29, 1.82) is 0 Å². The van der Waals surface area contributed by atoms with Gasteiger partial charge in [-0.2, -0.15) is 0 Å². The van der Waals surface area contributed by atoms with Gasteiger partial charge in [0.05, 0.1) is 0 Å². The molecule has 3 N–H and O–H groups in total. The number of carbonyl (C=O) groups is 2. The number of carbonyl (C=O) groups excluding carboxylic acids is 2. The molecule has 1 aromatic rings. The van der Waals surface area contributed by atoms with Crippen LogP contribution in [0.1, 0.15) is 35.2 Å². The lowest BCUT2D eigenvalue weighted by molar-refractivity contribution is -0.116. The van der Waals surface area contributed by atoms with Crippen molar-refractivity contribution in [2.75, 3.05) is 18.4 Å². The minimum atomic E-state index is 0. The maximum Gasteiger partial charge on any atom is 0.254 e. The molecule has 1 atom stereocenters. The van der Waals surface area contributed by atoms with Gasteiger partial charge in [-0.25, -0.2) is 0 Å². The molecule has 114 valence electrons. The summed E-state index contributed by atoms with van der Waals surface area (Å²) in [6, 6.07) is 5.69. The monoisotopic (exact) mass is 309 g/mol. The molecule has 0 radical (unpaired) electrons. The molecule has 0 spiro atoms. The van der Waals surface area contributed by atoms with Crippen LogP contribution in [0.4, 0.5) is 5.69 Å². The number of nitrogens with one attached hydrogen (secondary N) is 1. The largest absolute Gasteiger partial charge is 0.334 e. The summed E-state index contributed by atoms with van der Waals surface area (Å²) in [7, 11) is 0. The van der Waals surface area contributed by atoms with E-state index in [1.54, 1.807) is 6.07 Å². The molecule has 2 heterocycles. The molecule has 1 aromatic carbocycles. The van der Waals surface area contributed by atoms with Crippen molar-refractivity contribution in [2.24, 2.45) is 5.73 Å². The van der Waals surface area contributed by atoms with Crippen molar-refractivity contribution in [1.82, 2.24) is 4.90 Å². The molecule has 1 saturated heterocycles. The highest BCUT2D eigenvalue weighted by molar-refractivity contribution is 5.98. The van der Waals surface area contributed by atoms with Crippen LogP contribution in [0.2, 0.25) is 0 Å². The van der Waals surface area contributed by atoms with Gasteiger partial charge in [0.25, 0.3) is 5.91 Å². The lowest BCUT2D eigenvalue weighted by atomic mass is 10.00.